The molecule has 0 spiro atoms. The Morgan fingerprint density at radius 3 is 3.00 bits per heavy atom. The monoisotopic (exact) mass is 306 g/mol. The van der Waals surface area contributed by atoms with Crippen LogP contribution in [0.3, 0.4) is 0 Å². The molecule has 1 aromatic carbocycles. The third-order valence-electron chi connectivity index (χ3n) is 3.25. The van der Waals surface area contributed by atoms with Crippen molar-refractivity contribution in [3.8, 4) is 5.75 Å². The number of phenols is 1. The molecule has 1 aromatic rings. The summed E-state index contributed by atoms with van der Waals surface area (Å²) >= 11 is 6.66. The van der Waals surface area contributed by atoms with Gasteiger partial charge in [-0.15, -0.1) is 0 Å². The van der Waals surface area contributed by atoms with E-state index in [-0.39, 0.29) is 5.75 Å². The first kappa shape index (κ1) is 14.1. The molecule has 0 unspecified atom stereocenters. The molecular weight excluding hydrogens is 289 g/mol. The van der Waals surface area contributed by atoms with E-state index in [1.165, 1.54) is 19.4 Å². The molecule has 1 atom stereocenters. The quantitative estimate of drug-likeness (QED) is 0.668. The second kappa shape index (κ2) is 6.74. The van der Waals surface area contributed by atoms with E-state index in [9.17, 15) is 5.11 Å². The third kappa shape index (κ3) is 3.60. The number of rotatable bonds is 5. The molecule has 18 heavy (non-hydrogen) atoms. The summed E-state index contributed by atoms with van der Waals surface area (Å²) in [5.74, 6) is 1.20. The minimum atomic E-state index is 0.282. The summed E-state index contributed by atoms with van der Waals surface area (Å²) in [6, 6.07) is 7.88. The fourth-order valence-corrected chi connectivity index (χ4v) is 3.40. The van der Waals surface area contributed by atoms with Gasteiger partial charge in [-0.1, -0.05) is 0 Å². The van der Waals surface area contributed by atoms with Crippen LogP contribution in [0.2, 0.25) is 0 Å². The van der Waals surface area contributed by atoms with Crippen LogP contribution in [-0.2, 0) is 15.0 Å². The van der Waals surface area contributed by atoms with E-state index in [2.05, 4.69) is 18.4 Å². The fraction of sp³-hybridized carbons (Fsp3) is 0.429. The van der Waals surface area contributed by atoms with Crippen LogP contribution in [0.25, 0.3) is 0 Å². The van der Waals surface area contributed by atoms with Crippen molar-refractivity contribution in [3.05, 3.63) is 36.2 Å². The van der Waals surface area contributed by atoms with Crippen molar-refractivity contribution in [2.75, 3.05) is 19.3 Å². The zero-order chi connectivity index (χ0) is 13.0. The molecule has 0 saturated carbocycles. The molecule has 2 rings (SSSR count). The van der Waals surface area contributed by atoms with Crippen LogP contribution in [0.5, 0.6) is 5.75 Å². The van der Waals surface area contributed by atoms with Gasteiger partial charge < -0.3 is 0 Å². The summed E-state index contributed by atoms with van der Waals surface area (Å²) in [4.78, 5) is 2.38. The number of hydrogen-bond donors (Lipinski definition) is 1. The molecule has 1 fully saturated rings. The number of benzene rings is 1. The van der Waals surface area contributed by atoms with Crippen LogP contribution in [0.15, 0.2) is 24.3 Å². The molecule has 0 radical (unpaired) electrons. The Morgan fingerprint density at radius 2 is 2.33 bits per heavy atom. The predicted molar refractivity (Wildman–Crippen MR) is 74.6 cm³/mol. The van der Waals surface area contributed by atoms with Crippen LogP contribution in [0.1, 0.15) is 18.4 Å². The Kier molecular flexibility index (Phi) is 5.29. The van der Waals surface area contributed by atoms with Crippen molar-refractivity contribution in [3.63, 3.8) is 0 Å². The van der Waals surface area contributed by atoms with E-state index < -0.39 is 0 Å². The number of aromatic hydroxyl groups is 1. The summed E-state index contributed by atoms with van der Waals surface area (Å²) in [6.45, 7) is 1.19. The van der Waals surface area contributed by atoms with Crippen molar-refractivity contribution >= 4 is 15.6 Å². The average Bonchev–Trinajstić information content (AvgIpc) is 2.75. The second-order valence-corrected chi connectivity index (χ2v) is 6.31. The molecule has 4 heteroatoms. The number of para-hydroxylation sites is 1. The summed E-state index contributed by atoms with van der Waals surface area (Å²) in [5, 5.41) is 9.72. The first-order valence-electron chi connectivity index (χ1n) is 6.12. The molecule has 102 valence electrons. The van der Waals surface area contributed by atoms with E-state index in [0.29, 0.717) is 6.04 Å². The Morgan fingerprint density at radius 1 is 1.56 bits per heavy atom. The second-order valence-electron chi connectivity index (χ2n) is 4.50. The number of nitrogens with zero attached hydrogens (tertiary/aromatic N) is 1. The summed E-state index contributed by atoms with van der Waals surface area (Å²) in [6.07, 6.45) is 4.87. The van der Waals surface area contributed by atoms with Crippen molar-refractivity contribution in [1.82, 2.24) is 4.90 Å². The molecule has 1 aliphatic rings. The van der Waals surface area contributed by atoms with E-state index in [1.54, 1.807) is 17.8 Å². The van der Waals surface area contributed by atoms with Gasteiger partial charge in [0.15, 0.2) is 0 Å². The van der Waals surface area contributed by atoms with Crippen LogP contribution < -0.4 is 0 Å². The number of thioether (sulfide) groups is 1. The number of likely N-dealkylation sites (tertiary alicyclic amines) is 1. The van der Waals surface area contributed by atoms with Gasteiger partial charge in [0.2, 0.25) is 0 Å². The van der Waals surface area contributed by atoms with Crippen LogP contribution in [0.4, 0.5) is 0 Å². The van der Waals surface area contributed by atoms with Gasteiger partial charge in [-0.25, -0.2) is 0 Å². The van der Waals surface area contributed by atoms with Crippen LogP contribution in [0, 0.1) is 6.42 Å². The summed E-state index contributed by atoms with van der Waals surface area (Å²) < 4.78 is 0.810. The molecule has 1 N–H and O–H groups in total. The topological polar surface area (TPSA) is 23.5 Å². The molecule has 0 amide bonds. The van der Waals surface area contributed by atoms with Gasteiger partial charge in [0.05, 0.1) is 0 Å². The molecule has 0 bridgehead atoms. The van der Waals surface area contributed by atoms with E-state index >= 15 is 0 Å². The standard InChI is InChI=1S/C14H18NOS.Ni/c1-15-9-4-6-13(15)8-10-17-11-12-5-2-3-7-14(12)16;/h2-3,5,7-8,13,16H,4,6,9-10H2,1H3;/q-1;/t13-;/m1./s1. The van der Waals surface area contributed by atoms with Gasteiger partial charge >= 0.3 is 121 Å². The molecule has 1 aliphatic heterocycles. The fourth-order valence-electron chi connectivity index (χ4n) is 2.17. The van der Waals surface area contributed by atoms with Crippen LogP contribution in [-0.4, -0.2) is 39.2 Å². The Hall–Kier alpha value is -0.306. The van der Waals surface area contributed by atoms with Gasteiger partial charge in [0.25, 0.3) is 0 Å². The molecule has 1 heterocycles. The zero-order valence-corrected chi connectivity index (χ0v) is 12.2. The number of hydrogen-bond acceptors (Lipinski definition) is 3. The first-order valence-corrected chi connectivity index (χ1v) is 7.60. The normalized spacial score (nSPS) is 20.3. The Labute approximate surface area is 121 Å². The molecule has 0 aliphatic carbocycles. The SMILES string of the molecule is CN1CCC[C@@H]1[CH-]CS[C](=[Ni])c1ccccc1O. The maximum atomic E-state index is 9.72. The first-order chi connectivity index (χ1) is 8.68. The van der Waals surface area contributed by atoms with E-state index in [0.717, 1.165) is 15.1 Å². The van der Waals surface area contributed by atoms with Gasteiger partial charge in [0, 0.05) is 0 Å². The van der Waals surface area contributed by atoms with E-state index in [4.69, 9.17) is 15.0 Å². The van der Waals surface area contributed by atoms with Gasteiger partial charge in [-0.05, 0) is 0 Å². The third-order valence-corrected chi connectivity index (χ3v) is 4.75. The average molecular weight is 307 g/mol. The summed E-state index contributed by atoms with van der Waals surface area (Å²) in [7, 11) is 2.17. The molecular formula is C14H18NNiOS-. The molecule has 0 aromatic heterocycles. The van der Waals surface area contributed by atoms with Crippen molar-refractivity contribution < 1.29 is 20.1 Å². The molecule has 2 nitrogen and oxygen atoms in total. The minimum absolute atomic E-state index is 0.282. The van der Waals surface area contributed by atoms with Gasteiger partial charge in [-0.3, -0.25) is 0 Å². The zero-order valence-electron chi connectivity index (χ0n) is 10.4. The maximum absolute atomic E-state index is 9.72. The number of phenolic OH excluding ortho intramolecular Hbond substituents is 1. The summed E-state index contributed by atoms with van der Waals surface area (Å²) in [5.41, 5.74) is 0.788. The van der Waals surface area contributed by atoms with Gasteiger partial charge in [-0.2, -0.15) is 0 Å². The molecule has 1 saturated heterocycles. The van der Waals surface area contributed by atoms with Crippen molar-refractivity contribution in [2.45, 2.75) is 18.9 Å². The van der Waals surface area contributed by atoms with E-state index in [1.807, 2.05) is 18.2 Å². The Bertz CT molecular complexity index is 424. The van der Waals surface area contributed by atoms with Gasteiger partial charge in [0.1, 0.15) is 0 Å². The van der Waals surface area contributed by atoms with Crippen LogP contribution >= 0.6 is 11.8 Å². The Balaban J connectivity index is 1.80. The predicted octanol–water partition coefficient (Wildman–Crippen LogP) is 2.45. The van der Waals surface area contributed by atoms with Crippen molar-refractivity contribution in [2.24, 2.45) is 0 Å². The van der Waals surface area contributed by atoms with Crippen molar-refractivity contribution in [1.29, 1.82) is 0 Å².